The third-order valence-electron chi connectivity index (χ3n) is 5.63. The van der Waals surface area contributed by atoms with E-state index in [1.165, 1.54) is 17.2 Å². The number of benzene rings is 3. The standard InChI is InChI=1S/C18H23NO3.C10H15N/c1-13(2-3-14-4-7-16(20)8-5-14)19-11-10-15-6-9-17(21)18(22)12-15;1-9(11-2)8-10-6-4-3-5-7-10/h4-9,12-13,19-22H,2-3,10-11H2,1H3;3-7,9,11H,8H2,1-2H3/t;9-/m.0/s1. The highest BCUT2D eigenvalue weighted by Gasteiger charge is 2.04. The first-order chi connectivity index (χ1) is 15.9. The molecule has 0 fully saturated rings. The van der Waals surface area contributed by atoms with Gasteiger partial charge in [0.2, 0.25) is 0 Å². The van der Waals surface area contributed by atoms with E-state index >= 15 is 0 Å². The first kappa shape index (κ1) is 26.2. The van der Waals surface area contributed by atoms with Crippen LogP contribution in [0.5, 0.6) is 17.2 Å². The van der Waals surface area contributed by atoms with Crippen molar-refractivity contribution in [2.45, 2.75) is 51.6 Å². The van der Waals surface area contributed by atoms with Crippen molar-refractivity contribution in [2.75, 3.05) is 13.6 Å². The fourth-order valence-corrected chi connectivity index (χ4v) is 3.40. The molecule has 0 aliphatic carbocycles. The lowest BCUT2D eigenvalue weighted by molar-refractivity contribution is 0.403. The van der Waals surface area contributed by atoms with Crippen molar-refractivity contribution >= 4 is 0 Å². The Balaban J connectivity index is 0.000000294. The van der Waals surface area contributed by atoms with Gasteiger partial charge in [0.05, 0.1) is 0 Å². The Morgan fingerprint density at radius 2 is 1.36 bits per heavy atom. The molecule has 0 aliphatic heterocycles. The molecule has 178 valence electrons. The number of aromatic hydroxyl groups is 3. The van der Waals surface area contributed by atoms with E-state index in [0.717, 1.165) is 37.8 Å². The van der Waals surface area contributed by atoms with Crippen molar-refractivity contribution in [1.82, 2.24) is 10.6 Å². The van der Waals surface area contributed by atoms with E-state index in [2.05, 4.69) is 48.7 Å². The Kier molecular flexibility index (Phi) is 11.3. The van der Waals surface area contributed by atoms with E-state index in [1.807, 2.05) is 31.3 Å². The van der Waals surface area contributed by atoms with Gasteiger partial charge in [0.15, 0.2) is 11.5 Å². The molecule has 0 amide bonds. The molecule has 0 saturated carbocycles. The fraction of sp³-hybridized carbons (Fsp3) is 0.357. The molecule has 0 aliphatic rings. The lowest BCUT2D eigenvalue weighted by Crippen LogP contribution is -2.28. The van der Waals surface area contributed by atoms with Gasteiger partial charge in [-0.15, -0.1) is 0 Å². The van der Waals surface area contributed by atoms with E-state index in [4.69, 9.17) is 0 Å². The Hall–Kier alpha value is -3.02. The molecule has 2 atom stereocenters. The van der Waals surface area contributed by atoms with Gasteiger partial charge in [0.1, 0.15) is 5.75 Å². The molecule has 3 rings (SSSR count). The molecular formula is C28H38N2O3. The third-order valence-corrected chi connectivity index (χ3v) is 5.63. The molecule has 0 radical (unpaired) electrons. The smallest absolute Gasteiger partial charge is 0.157 e. The number of rotatable bonds is 10. The predicted molar refractivity (Wildman–Crippen MR) is 136 cm³/mol. The van der Waals surface area contributed by atoms with Crippen LogP contribution in [0.3, 0.4) is 0 Å². The molecule has 0 aromatic heterocycles. The van der Waals surface area contributed by atoms with Crippen LogP contribution in [0, 0.1) is 0 Å². The predicted octanol–water partition coefficient (Wildman–Crippen LogP) is 4.79. The summed E-state index contributed by atoms with van der Waals surface area (Å²) in [5.41, 5.74) is 3.61. The van der Waals surface area contributed by atoms with E-state index in [1.54, 1.807) is 18.2 Å². The average Bonchev–Trinajstić information content (AvgIpc) is 2.82. The molecule has 5 N–H and O–H groups in total. The van der Waals surface area contributed by atoms with E-state index in [9.17, 15) is 15.3 Å². The van der Waals surface area contributed by atoms with E-state index in [-0.39, 0.29) is 11.5 Å². The molecule has 3 aromatic carbocycles. The molecular weight excluding hydrogens is 412 g/mol. The van der Waals surface area contributed by atoms with Crippen LogP contribution < -0.4 is 10.6 Å². The molecule has 0 spiro atoms. The molecule has 0 saturated heterocycles. The summed E-state index contributed by atoms with van der Waals surface area (Å²) in [5.74, 6) is 0.143. The summed E-state index contributed by atoms with van der Waals surface area (Å²) >= 11 is 0. The van der Waals surface area contributed by atoms with Crippen molar-refractivity contribution in [3.8, 4) is 17.2 Å². The summed E-state index contributed by atoms with van der Waals surface area (Å²) in [5, 5.41) is 34.6. The SMILES string of the molecule is CC(CCc1ccc(O)cc1)NCCc1ccc(O)c(O)c1.CN[C@@H](C)Cc1ccccc1. The zero-order chi connectivity index (χ0) is 24.1. The number of phenolic OH excluding ortho intramolecular Hbond substituents is 3. The number of phenols is 3. The number of nitrogens with one attached hydrogen (secondary N) is 2. The Morgan fingerprint density at radius 3 is 2.00 bits per heavy atom. The summed E-state index contributed by atoms with van der Waals surface area (Å²) in [6.07, 6.45) is 3.90. The number of hydrogen-bond acceptors (Lipinski definition) is 5. The van der Waals surface area contributed by atoms with Gasteiger partial charge in [-0.1, -0.05) is 48.5 Å². The molecule has 33 heavy (non-hydrogen) atoms. The molecule has 1 unspecified atom stereocenters. The van der Waals surface area contributed by atoms with Crippen molar-refractivity contribution in [3.05, 3.63) is 89.5 Å². The topological polar surface area (TPSA) is 84.8 Å². The van der Waals surface area contributed by atoms with Crippen LogP contribution >= 0.6 is 0 Å². The summed E-state index contributed by atoms with van der Waals surface area (Å²) in [7, 11) is 1.99. The van der Waals surface area contributed by atoms with Gasteiger partial charge in [-0.25, -0.2) is 0 Å². The Labute approximate surface area is 198 Å². The van der Waals surface area contributed by atoms with Gasteiger partial charge in [0, 0.05) is 12.1 Å². The van der Waals surface area contributed by atoms with Crippen molar-refractivity contribution < 1.29 is 15.3 Å². The first-order valence-corrected chi connectivity index (χ1v) is 11.6. The molecule has 5 nitrogen and oxygen atoms in total. The maximum atomic E-state index is 9.45. The zero-order valence-electron chi connectivity index (χ0n) is 20.0. The van der Waals surface area contributed by atoms with Crippen LogP contribution in [0.4, 0.5) is 0 Å². The van der Waals surface area contributed by atoms with Crippen LogP contribution in [0.2, 0.25) is 0 Å². The molecule has 0 heterocycles. The fourth-order valence-electron chi connectivity index (χ4n) is 3.40. The van der Waals surface area contributed by atoms with Gasteiger partial charge in [-0.05, 0) is 94.1 Å². The summed E-state index contributed by atoms with van der Waals surface area (Å²) < 4.78 is 0. The van der Waals surface area contributed by atoms with Gasteiger partial charge in [-0.2, -0.15) is 0 Å². The van der Waals surface area contributed by atoms with Crippen LogP contribution in [-0.2, 0) is 19.3 Å². The van der Waals surface area contributed by atoms with Crippen LogP contribution in [0.15, 0.2) is 72.8 Å². The summed E-state index contributed by atoms with van der Waals surface area (Å²) in [6.45, 7) is 5.16. The second kappa shape index (κ2) is 14.2. The van der Waals surface area contributed by atoms with Gasteiger partial charge < -0.3 is 26.0 Å². The largest absolute Gasteiger partial charge is 0.508 e. The minimum atomic E-state index is -0.0843. The molecule has 0 bridgehead atoms. The minimum absolute atomic E-state index is 0.0714. The number of hydrogen-bond donors (Lipinski definition) is 5. The lowest BCUT2D eigenvalue weighted by Gasteiger charge is -2.14. The van der Waals surface area contributed by atoms with Crippen LogP contribution in [-0.4, -0.2) is 41.0 Å². The quantitative estimate of drug-likeness (QED) is 0.287. The highest BCUT2D eigenvalue weighted by Crippen LogP contribution is 2.24. The van der Waals surface area contributed by atoms with E-state index < -0.39 is 0 Å². The van der Waals surface area contributed by atoms with Gasteiger partial charge in [0.25, 0.3) is 0 Å². The second-order valence-corrected chi connectivity index (χ2v) is 8.51. The summed E-state index contributed by atoms with van der Waals surface area (Å²) in [6, 6.07) is 23.7. The normalized spacial score (nSPS) is 12.5. The Bertz CT molecular complexity index is 930. The maximum absolute atomic E-state index is 9.45. The second-order valence-electron chi connectivity index (χ2n) is 8.51. The van der Waals surface area contributed by atoms with Crippen LogP contribution in [0.1, 0.15) is 37.0 Å². The average molecular weight is 451 g/mol. The monoisotopic (exact) mass is 450 g/mol. The maximum Gasteiger partial charge on any atom is 0.157 e. The zero-order valence-corrected chi connectivity index (χ0v) is 20.0. The van der Waals surface area contributed by atoms with Crippen LogP contribution in [0.25, 0.3) is 0 Å². The van der Waals surface area contributed by atoms with Gasteiger partial charge >= 0.3 is 0 Å². The lowest BCUT2D eigenvalue weighted by atomic mass is 10.1. The van der Waals surface area contributed by atoms with E-state index in [0.29, 0.717) is 17.8 Å². The highest BCUT2D eigenvalue weighted by molar-refractivity contribution is 5.40. The molecule has 3 aromatic rings. The van der Waals surface area contributed by atoms with Crippen molar-refractivity contribution in [1.29, 1.82) is 0 Å². The molecule has 5 heteroatoms. The number of likely N-dealkylation sites (N-methyl/N-ethyl adjacent to an activating group) is 1. The third kappa shape index (κ3) is 10.4. The first-order valence-electron chi connectivity index (χ1n) is 11.6. The van der Waals surface area contributed by atoms with Crippen molar-refractivity contribution in [3.63, 3.8) is 0 Å². The number of aryl methyl sites for hydroxylation is 1. The Morgan fingerprint density at radius 1 is 0.697 bits per heavy atom. The summed E-state index contributed by atoms with van der Waals surface area (Å²) in [4.78, 5) is 0. The van der Waals surface area contributed by atoms with Crippen molar-refractivity contribution in [2.24, 2.45) is 0 Å². The van der Waals surface area contributed by atoms with Gasteiger partial charge in [-0.3, -0.25) is 0 Å². The highest BCUT2D eigenvalue weighted by atomic mass is 16.3. The minimum Gasteiger partial charge on any atom is -0.508 e.